The number of amides is 2. The van der Waals surface area contributed by atoms with Crippen molar-refractivity contribution in [3.05, 3.63) is 64.7 Å². The Kier molecular flexibility index (Phi) is 6.08. The molecule has 2 N–H and O–H groups in total. The summed E-state index contributed by atoms with van der Waals surface area (Å²) in [4.78, 5) is 40.6. The van der Waals surface area contributed by atoms with E-state index in [-0.39, 0.29) is 12.5 Å². The van der Waals surface area contributed by atoms with E-state index in [0.29, 0.717) is 53.3 Å². The summed E-state index contributed by atoms with van der Waals surface area (Å²) in [6.07, 6.45) is 5.38. The second-order valence-corrected chi connectivity index (χ2v) is 10.0. The molecular weight excluding hydrogens is 529 g/mol. The van der Waals surface area contributed by atoms with E-state index in [0.717, 1.165) is 22.1 Å². The van der Waals surface area contributed by atoms with Gasteiger partial charge in [0.2, 0.25) is 5.91 Å². The molecule has 3 aromatic heterocycles. The van der Waals surface area contributed by atoms with Crippen LogP contribution in [0, 0.1) is 0 Å². The number of nitrogens with zero attached hydrogens (tertiary/aromatic N) is 5. The van der Waals surface area contributed by atoms with E-state index in [2.05, 4.69) is 25.6 Å². The Hall–Kier alpha value is -3.89. The van der Waals surface area contributed by atoms with Gasteiger partial charge in [0.05, 0.1) is 15.4 Å². The molecule has 5 heterocycles. The van der Waals surface area contributed by atoms with Gasteiger partial charge >= 0.3 is 6.09 Å². The minimum absolute atomic E-state index is 0.0708. The number of carbonyl (C=O) groups is 2. The SMILES string of the molecule is CNc1ncnc2c1c(-c1cccc(Cl)c1Cl)cn2CC(=O)N1CCC2(CC1)OC(=O)Nc1ncccc12. The first kappa shape index (κ1) is 24.4. The summed E-state index contributed by atoms with van der Waals surface area (Å²) in [5.41, 5.74) is 2.14. The monoisotopic (exact) mass is 551 g/mol. The second kappa shape index (κ2) is 9.45. The Morgan fingerprint density at radius 2 is 1.95 bits per heavy atom. The number of ether oxygens (including phenoxy) is 1. The fraction of sp³-hybridized carbons (Fsp3) is 0.269. The van der Waals surface area contributed by atoms with Crippen LogP contribution < -0.4 is 10.6 Å². The van der Waals surface area contributed by atoms with Crippen molar-refractivity contribution in [1.82, 2.24) is 24.4 Å². The van der Waals surface area contributed by atoms with Gasteiger partial charge in [-0.3, -0.25) is 10.1 Å². The lowest BCUT2D eigenvalue weighted by Gasteiger charge is -2.43. The zero-order chi connectivity index (χ0) is 26.4. The van der Waals surface area contributed by atoms with Crippen LogP contribution in [0.25, 0.3) is 22.2 Å². The molecule has 2 amide bonds. The van der Waals surface area contributed by atoms with Gasteiger partial charge < -0.3 is 19.5 Å². The first-order valence-electron chi connectivity index (χ1n) is 12.1. The molecular formula is C26H23Cl2N7O3. The van der Waals surface area contributed by atoms with E-state index in [4.69, 9.17) is 27.9 Å². The van der Waals surface area contributed by atoms with Gasteiger partial charge in [0.15, 0.2) is 0 Å². The minimum atomic E-state index is -0.797. The number of halogens is 2. The summed E-state index contributed by atoms with van der Waals surface area (Å²) in [7, 11) is 1.78. The summed E-state index contributed by atoms with van der Waals surface area (Å²) in [5, 5.41) is 7.35. The Morgan fingerprint density at radius 1 is 1.13 bits per heavy atom. The molecule has 4 aromatic rings. The lowest BCUT2D eigenvalue weighted by molar-refractivity contribution is -0.136. The number of rotatable bonds is 4. The molecule has 38 heavy (non-hydrogen) atoms. The van der Waals surface area contributed by atoms with E-state index in [1.165, 1.54) is 6.33 Å². The van der Waals surface area contributed by atoms with Crippen molar-refractivity contribution < 1.29 is 14.3 Å². The fourth-order valence-corrected chi connectivity index (χ4v) is 5.71. The number of nitrogens with one attached hydrogen (secondary N) is 2. The molecule has 1 saturated heterocycles. The standard InChI is InChI=1S/C26H23Cl2N7O3/c1-29-23-20-16(15-4-2-6-18(27)21(15)28)12-35(24(20)32-14-31-23)13-19(36)34-10-7-26(8-11-34)17-5-3-9-30-22(17)33-25(37)38-26/h2-6,9,12,14H,7-8,10-11,13H2,1H3,(H,29,31,32)(H,30,33,37). The van der Waals surface area contributed by atoms with Crippen LogP contribution in [0.5, 0.6) is 0 Å². The van der Waals surface area contributed by atoms with Crippen LogP contribution in [-0.2, 0) is 21.7 Å². The van der Waals surface area contributed by atoms with E-state index in [1.54, 1.807) is 28.8 Å². The number of hydrogen-bond donors (Lipinski definition) is 2. The highest BCUT2D eigenvalue weighted by atomic mass is 35.5. The number of piperidine rings is 1. The van der Waals surface area contributed by atoms with Crippen molar-refractivity contribution in [3.63, 3.8) is 0 Å². The Balaban J connectivity index is 1.28. The van der Waals surface area contributed by atoms with Crippen LogP contribution in [0.2, 0.25) is 10.0 Å². The van der Waals surface area contributed by atoms with Gasteiger partial charge in [-0.2, -0.15) is 0 Å². The van der Waals surface area contributed by atoms with E-state index >= 15 is 0 Å². The second-order valence-electron chi connectivity index (χ2n) is 9.23. The maximum absolute atomic E-state index is 13.5. The number of pyridine rings is 1. The molecule has 0 aliphatic carbocycles. The zero-order valence-electron chi connectivity index (χ0n) is 20.4. The van der Waals surface area contributed by atoms with Gasteiger partial charge in [0, 0.05) is 62.1 Å². The molecule has 0 unspecified atom stereocenters. The van der Waals surface area contributed by atoms with Crippen molar-refractivity contribution in [2.45, 2.75) is 25.0 Å². The quantitative estimate of drug-likeness (QED) is 0.369. The van der Waals surface area contributed by atoms with Crippen LogP contribution in [0.3, 0.4) is 0 Å². The Labute approximate surface area is 227 Å². The molecule has 12 heteroatoms. The van der Waals surface area contributed by atoms with Crippen molar-refractivity contribution in [3.8, 4) is 11.1 Å². The van der Waals surface area contributed by atoms with Crippen LogP contribution >= 0.6 is 23.2 Å². The zero-order valence-corrected chi connectivity index (χ0v) is 21.9. The van der Waals surface area contributed by atoms with Gasteiger partial charge in [0.25, 0.3) is 0 Å². The lowest BCUT2D eigenvalue weighted by atomic mass is 9.83. The fourth-order valence-electron chi connectivity index (χ4n) is 5.31. The van der Waals surface area contributed by atoms with Crippen LogP contribution in [-0.4, -0.2) is 56.6 Å². The molecule has 0 atom stereocenters. The average Bonchev–Trinajstić information content (AvgIpc) is 3.28. The third-order valence-corrected chi connectivity index (χ3v) is 7.99. The summed E-state index contributed by atoms with van der Waals surface area (Å²) in [6, 6.07) is 9.15. The molecule has 194 valence electrons. The smallest absolute Gasteiger partial charge is 0.413 e. The summed E-state index contributed by atoms with van der Waals surface area (Å²) in [5.74, 6) is 1.05. The predicted molar refractivity (Wildman–Crippen MR) is 144 cm³/mol. The molecule has 10 nitrogen and oxygen atoms in total. The molecule has 0 bridgehead atoms. The average molecular weight is 552 g/mol. The van der Waals surface area contributed by atoms with Crippen molar-refractivity contribution in [2.75, 3.05) is 30.8 Å². The lowest BCUT2D eigenvalue weighted by Crippen LogP contribution is -2.50. The number of aromatic nitrogens is 4. The highest BCUT2D eigenvalue weighted by molar-refractivity contribution is 6.44. The number of fused-ring (bicyclic) bond motifs is 3. The van der Waals surface area contributed by atoms with Gasteiger partial charge in [-0.05, 0) is 18.2 Å². The van der Waals surface area contributed by atoms with Crippen molar-refractivity contribution >= 4 is 57.9 Å². The topological polar surface area (TPSA) is 114 Å². The minimum Gasteiger partial charge on any atom is -0.437 e. The summed E-state index contributed by atoms with van der Waals surface area (Å²) >= 11 is 12.9. The number of benzene rings is 1. The third kappa shape index (κ3) is 4.00. The Morgan fingerprint density at radius 3 is 2.74 bits per heavy atom. The molecule has 0 radical (unpaired) electrons. The molecule has 1 spiro atoms. The highest BCUT2D eigenvalue weighted by Crippen LogP contribution is 2.43. The number of likely N-dealkylation sites (tertiary alicyclic amines) is 1. The van der Waals surface area contributed by atoms with Crippen LogP contribution in [0.4, 0.5) is 16.4 Å². The molecule has 0 saturated carbocycles. The van der Waals surface area contributed by atoms with Gasteiger partial charge in [-0.25, -0.2) is 19.7 Å². The first-order chi connectivity index (χ1) is 18.4. The van der Waals surface area contributed by atoms with Crippen LogP contribution in [0.1, 0.15) is 18.4 Å². The Bertz CT molecular complexity index is 1580. The third-order valence-electron chi connectivity index (χ3n) is 7.17. The largest absolute Gasteiger partial charge is 0.437 e. The highest BCUT2D eigenvalue weighted by Gasteiger charge is 2.45. The van der Waals surface area contributed by atoms with Gasteiger partial charge in [-0.15, -0.1) is 0 Å². The van der Waals surface area contributed by atoms with E-state index in [1.807, 2.05) is 30.5 Å². The number of anilines is 2. The first-order valence-corrected chi connectivity index (χ1v) is 12.8. The number of hydrogen-bond acceptors (Lipinski definition) is 7. The molecule has 6 rings (SSSR count). The predicted octanol–water partition coefficient (Wildman–Crippen LogP) is 4.92. The van der Waals surface area contributed by atoms with Gasteiger partial charge in [-0.1, -0.05) is 35.3 Å². The maximum atomic E-state index is 13.5. The normalized spacial score (nSPS) is 16.2. The van der Waals surface area contributed by atoms with E-state index in [9.17, 15) is 9.59 Å². The molecule has 1 aromatic carbocycles. The molecule has 2 aliphatic heterocycles. The number of carbonyl (C=O) groups excluding carboxylic acids is 2. The molecule has 2 aliphatic rings. The summed E-state index contributed by atoms with van der Waals surface area (Å²) < 4.78 is 7.57. The van der Waals surface area contributed by atoms with Crippen molar-refractivity contribution in [2.24, 2.45) is 0 Å². The van der Waals surface area contributed by atoms with Crippen LogP contribution in [0.15, 0.2) is 49.1 Å². The van der Waals surface area contributed by atoms with Crippen molar-refractivity contribution in [1.29, 1.82) is 0 Å². The maximum Gasteiger partial charge on any atom is 0.413 e. The molecule has 1 fully saturated rings. The summed E-state index contributed by atoms with van der Waals surface area (Å²) in [6.45, 7) is 0.939. The van der Waals surface area contributed by atoms with Gasteiger partial charge in [0.1, 0.15) is 35.8 Å². The van der Waals surface area contributed by atoms with E-state index < -0.39 is 11.7 Å².